The number of hydrogen-bond donors (Lipinski definition) is 3. The van der Waals surface area contributed by atoms with Crippen molar-refractivity contribution < 1.29 is 18.1 Å². The van der Waals surface area contributed by atoms with E-state index < -0.39 is 10.1 Å². The third kappa shape index (κ3) is 3.19. The van der Waals surface area contributed by atoms with Crippen molar-refractivity contribution in [2.45, 2.75) is 4.90 Å². The van der Waals surface area contributed by atoms with E-state index >= 15 is 0 Å². The number of phenolic OH excluding ortho intramolecular Hbond substituents is 1. The molecule has 0 aliphatic carbocycles. The number of aromatic hydroxyl groups is 1. The summed E-state index contributed by atoms with van der Waals surface area (Å²) >= 11 is 0. The number of anilines is 1. The van der Waals surface area contributed by atoms with E-state index in [4.69, 9.17) is 5.73 Å². The van der Waals surface area contributed by atoms with Crippen LogP contribution in [0.4, 0.5) is 17.1 Å². The second kappa shape index (κ2) is 5.91. The van der Waals surface area contributed by atoms with Crippen LogP contribution in [0.5, 0.6) is 5.75 Å². The molecule has 0 saturated carbocycles. The largest absolute Gasteiger partial charge is 0.508 e. The van der Waals surface area contributed by atoms with Gasteiger partial charge >= 0.3 is 0 Å². The minimum Gasteiger partial charge on any atom is -0.508 e. The maximum Gasteiger partial charge on any atom is 0.294 e. The van der Waals surface area contributed by atoms with E-state index in [9.17, 15) is 18.1 Å². The van der Waals surface area contributed by atoms with Gasteiger partial charge in [-0.05, 0) is 35.7 Å². The summed E-state index contributed by atoms with van der Waals surface area (Å²) in [5, 5.41) is 18.7. The summed E-state index contributed by atoms with van der Waals surface area (Å²) in [4.78, 5) is -0.221. The molecule has 0 amide bonds. The molecule has 0 radical (unpaired) electrons. The van der Waals surface area contributed by atoms with Crippen LogP contribution in [0.15, 0.2) is 69.7 Å². The lowest BCUT2D eigenvalue weighted by Crippen LogP contribution is -1.97. The van der Waals surface area contributed by atoms with Crippen LogP contribution in [-0.4, -0.2) is 18.1 Å². The molecule has 24 heavy (non-hydrogen) atoms. The number of hydrogen-bond acceptors (Lipinski definition) is 6. The number of fused-ring (bicyclic) bond motifs is 1. The molecule has 3 rings (SSSR count). The number of nitrogens with zero attached hydrogens (tertiary/aromatic N) is 2. The molecule has 0 aliphatic heterocycles. The van der Waals surface area contributed by atoms with Crippen LogP contribution in [0.2, 0.25) is 0 Å². The SMILES string of the molecule is Nc1cc(O)ccc1N=Nc1cccc2ccc(S(=O)(=O)O)cc12. The lowest BCUT2D eigenvalue weighted by atomic mass is 10.1. The molecule has 0 aromatic heterocycles. The highest BCUT2D eigenvalue weighted by Gasteiger charge is 2.11. The molecule has 0 heterocycles. The first kappa shape index (κ1) is 15.9. The van der Waals surface area contributed by atoms with Crippen molar-refractivity contribution in [2.75, 3.05) is 5.73 Å². The van der Waals surface area contributed by atoms with Gasteiger partial charge in [0.15, 0.2) is 0 Å². The van der Waals surface area contributed by atoms with Gasteiger partial charge in [-0.1, -0.05) is 18.2 Å². The van der Waals surface area contributed by atoms with E-state index in [1.807, 2.05) is 0 Å². The Labute approximate surface area is 137 Å². The molecule has 4 N–H and O–H groups in total. The van der Waals surface area contributed by atoms with Crippen LogP contribution in [-0.2, 0) is 10.1 Å². The molecule has 0 atom stereocenters. The summed E-state index contributed by atoms with van der Waals surface area (Å²) in [6, 6.07) is 13.7. The molecular weight excluding hydrogens is 330 g/mol. The van der Waals surface area contributed by atoms with Crippen molar-refractivity contribution in [3.63, 3.8) is 0 Å². The van der Waals surface area contributed by atoms with Gasteiger partial charge < -0.3 is 10.8 Å². The maximum atomic E-state index is 11.3. The number of nitrogen functional groups attached to an aromatic ring is 1. The van der Waals surface area contributed by atoms with E-state index in [0.29, 0.717) is 16.8 Å². The van der Waals surface area contributed by atoms with Crippen molar-refractivity contribution in [1.29, 1.82) is 0 Å². The van der Waals surface area contributed by atoms with Crippen LogP contribution in [0.3, 0.4) is 0 Å². The molecule has 8 heteroatoms. The summed E-state index contributed by atoms with van der Waals surface area (Å²) in [6.07, 6.45) is 0. The Balaban J connectivity index is 2.10. The summed E-state index contributed by atoms with van der Waals surface area (Å²) < 4.78 is 31.8. The highest BCUT2D eigenvalue weighted by Crippen LogP contribution is 2.32. The number of phenols is 1. The van der Waals surface area contributed by atoms with Gasteiger partial charge in [-0.15, -0.1) is 10.2 Å². The van der Waals surface area contributed by atoms with Crippen molar-refractivity contribution in [1.82, 2.24) is 0 Å². The molecule has 7 nitrogen and oxygen atoms in total. The summed E-state index contributed by atoms with van der Waals surface area (Å²) in [7, 11) is -4.31. The van der Waals surface area contributed by atoms with E-state index in [0.717, 1.165) is 5.39 Å². The molecule has 0 fully saturated rings. The zero-order valence-corrected chi connectivity index (χ0v) is 13.1. The Morgan fingerprint density at radius 1 is 0.917 bits per heavy atom. The quantitative estimate of drug-likeness (QED) is 0.379. The summed E-state index contributed by atoms with van der Waals surface area (Å²) in [6.45, 7) is 0. The van der Waals surface area contributed by atoms with E-state index in [2.05, 4.69) is 10.2 Å². The van der Waals surface area contributed by atoms with Gasteiger partial charge in [0.2, 0.25) is 0 Å². The Morgan fingerprint density at radius 3 is 2.38 bits per heavy atom. The predicted octanol–water partition coefficient (Wildman–Crippen LogP) is 3.79. The average Bonchev–Trinajstić information content (AvgIpc) is 2.52. The molecular formula is C16H13N3O4S. The van der Waals surface area contributed by atoms with Gasteiger partial charge in [0.05, 0.1) is 16.3 Å². The first-order valence-corrected chi connectivity index (χ1v) is 8.29. The van der Waals surface area contributed by atoms with Gasteiger partial charge in [0, 0.05) is 11.5 Å². The molecule has 3 aromatic carbocycles. The Hall–Kier alpha value is -2.97. The van der Waals surface area contributed by atoms with Gasteiger partial charge in [-0.2, -0.15) is 8.42 Å². The smallest absolute Gasteiger partial charge is 0.294 e. The third-order valence-electron chi connectivity index (χ3n) is 3.41. The topological polar surface area (TPSA) is 125 Å². The zero-order valence-electron chi connectivity index (χ0n) is 12.3. The third-order valence-corrected chi connectivity index (χ3v) is 4.25. The van der Waals surface area contributed by atoms with Crippen LogP contribution in [0.1, 0.15) is 0 Å². The Morgan fingerprint density at radius 2 is 1.67 bits per heavy atom. The second-order valence-corrected chi connectivity index (χ2v) is 6.50. The number of benzene rings is 3. The van der Waals surface area contributed by atoms with Crippen molar-refractivity contribution in [3.8, 4) is 5.75 Å². The fourth-order valence-electron chi connectivity index (χ4n) is 2.22. The van der Waals surface area contributed by atoms with Gasteiger partial charge in [0.25, 0.3) is 10.1 Å². The number of azo groups is 1. The highest BCUT2D eigenvalue weighted by atomic mass is 32.2. The van der Waals surface area contributed by atoms with Crippen molar-refractivity contribution in [3.05, 3.63) is 54.6 Å². The number of rotatable bonds is 3. The minimum absolute atomic E-state index is 0.0226. The Bertz CT molecular complexity index is 1060. The molecule has 0 saturated heterocycles. The van der Waals surface area contributed by atoms with E-state index in [1.165, 1.54) is 30.3 Å². The standard InChI is InChI=1S/C16H13N3O4S/c17-14-8-11(20)5-7-16(14)19-18-15-3-1-2-10-4-6-12(9-13(10)15)24(21,22)23/h1-9,20H,17H2,(H,21,22,23). The zero-order chi connectivity index (χ0) is 17.3. The monoisotopic (exact) mass is 343 g/mol. The van der Waals surface area contributed by atoms with Crippen LogP contribution in [0.25, 0.3) is 10.8 Å². The lowest BCUT2D eigenvalue weighted by Gasteiger charge is -2.04. The van der Waals surface area contributed by atoms with Crippen LogP contribution < -0.4 is 5.73 Å². The number of nitrogens with two attached hydrogens (primary N) is 1. The summed E-state index contributed by atoms with van der Waals surface area (Å²) in [5.41, 5.74) is 6.81. The van der Waals surface area contributed by atoms with Crippen LogP contribution in [0, 0.1) is 0 Å². The molecule has 0 aliphatic rings. The molecule has 0 bridgehead atoms. The Kier molecular flexibility index (Phi) is 3.92. The summed E-state index contributed by atoms with van der Waals surface area (Å²) in [5.74, 6) is 0.0226. The molecule has 122 valence electrons. The van der Waals surface area contributed by atoms with Crippen molar-refractivity contribution >= 4 is 38.0 Å². The maximum absolute atomic E-state index is 11.3. The first-order valence-electron chi connectivity index (χ1n) is 6.85. The molecule has 0 spiro atoms. The average molecular weight is 343 g/mol. The van der Waals surface area contributed by atoms with E-state index in [-0.39, 0.29) is 16.3 Å². The molecule has 3 aromatic rings. The van der Waals surface area contributed by atoms with Gasteiger partial charge in [-0.25, -0.2) is 0 Å². The van der Waals surface area contributed by atoms with Gasteiger partial charge in [-0.3, -0.25) is 4.55 Å². The lowest BCUT2D eigenvalue weighted by molar-refractivity contribution is 0.475. The normalized spacial score (nSPS) is 12.0. The van der Waals surface area contributed by atoms with Gasteiger partial charge in [0.1, 0.15) is 11.4 Å². The fourth-order valence-corrected chi connectivity index (χ4v) is 2.73. The van der Waals surface area contributed by atoms with E-state index in [1.54, 1.807) is 24.3 Å². The highest BCUT2D eigenvalue weighted by molar-refractivity contribution is 7.85. The first-order chi connectivity index (χ1) is 11.3. The fraction of sp³-hybridized carbons (Fsp3) is 0. The second-order valence-electron chi connectivity index (χ2n) is 5.08. The molecule has 0 unspecified atom stereocenters. The predicted molar refractivity (Wildman–Crippen MR) is 90.5 cm³/mol. The van der Waals surface area contributed by atoms with Crippen LogP contribution >= 0.6 is 0 Å². The minimum atomic E-state index is -4.31. The van der Waals surface area contributed by atoms with Crippen molar-refractivity contribution in [2.24, 2.45) is 10.2 Å².